The van der Waals surface area contributed by atoms with Crippen molar-refractivity contribution < 1.29 is 18.7 Å². The van der Waals surface area contributed by atoms with E-state index >= 15 is 0 Å². The number of benzene rings is 2. The lowest BCUT2D eigenvalue weighted by Gasteiger charge is -2.12. The highest BCUT2D eigenvalue weighted by Gasteiger charge is 2.32. The van der Waals surface area contributed by atoms with Gasteiger partial charge in [0.05, 0.1) is 21.3 Å². The minimum atomic E-state index is -0.333. The molecule has 5 nitrogen and oxygen atoms in total. The lowest BCUT2D eigenvalue weighted by molar-refractivity contribution is -0.122. The quantitative estimate of drug-likeness (QED) is 0.294. The Morgan fingerprint density at radius 3 is 2.70 bits per heavy atom. The first-order chi connectivity index (χ1) is 14.5. The van der Waals surface area contributed by atoms with E-state index in [1.807, 2.05) is 13.0 Å². The molecule has 1 amide bonds. The molecule has 2 aromatic carbocycles. The molecule has 0 saturated carbocycles. The number of ether oxygens (including phenoxy) is 2. The molecule has 0 spiro atoms. The number of hydrogen-bond donors (Lipinski definition) is 0. The molecule has 0 aromatic heterocycles. The number of likely N-dealkylation sites (N-methyl/N-ethyl adjacent to an activating group) is 1. The molecule has 154 valence electrons. The van der Waals surface area contributed by atoms with E-state index in [-0.39, 0.29) is 18.3 Å². The molecule has 0 N–H and O–H groups in total. The number of thioether (sulfide) groups is 1. The van der Waals surface area contributed by atoms with Gasteiger partial charge in [0, 0.05) is 6.54 Å². The lowest BCUT2D eigenvalue weighted by Crippen LogP contribution is -2.28. The molecule has 1 fully saturated rings. The van der Waals surface area contributed by atoms with Gasteiger partial charge in [-0.05, 0) is 89.3 Å². The van der Waals surface area contributed by atoms with Crippen LogP contribution < -0.4 is 9.47 Å². The van der Waals surface area contributed by atoms with Gasteiger partial charge in [-0.25, -0.2) is 9.38 Å². The third-order valence-electron chi connectivity index (χ3n) is 4.11. The van der Waals surface area contributed by atoms with Gasteiger partial charge in [0.1, 0.15) is 12.4 Å². The van der Waals surface area contributed by atoms with Crippen molar-refractivity contribution in [3.05, 3.63) is 56.3 Å². The first-order valence-electron chi connectivity index (χ1n) is 8.96. The van der Waals surface area contributed by atoms with E-state index in [0.29, 0.717) is 33.8 Å². The molecule has 1 aliphatic heterocycles. The zero-order valence-corrected chi connectivity index (χ0v) is 19.3. The van der Waals surface area contributed by atoms with E-state index in [9.17, 15) is 9.18 Å². The molecule has 0 atom stereocenters. The van der Waals surface area contributed by atoms with Crippen LogP contribution >= 0.6 is 34.4 Å². The van der Waals surface area contributed by atoms with Crippen LogP contribution in [0, 0.1) is 21.7 Å². The van der Waals surface area contributed by atoms with E-state index in [0.717, 1.165) is 9.13 Å². The molecule has 0 unspecified atom stereocenters. The van der Waals surface area contributed by atoms with Crippen molar-refractivity contribution in [1.29, 1.82) is 0 Å². The Kier molecular flexibility index (Phi) is 7.39. The third-order valence-corrected chi connectivity index (χ3v) is 5.91. The average molecular weight is 536 g/mol. The number of carbonyl (C=O) groups is 1. The zero-order chi connectivity index (χ0) is 21.7. The minimum Gasteiger partial charge on any atom is -0.493 e. The number of halogens is 2. The van der Waals surface area contributed by atoms with Crippen LogP contribution in [0.3, 0.4) is 0 Å². The van der Waals surface area contributed by atoms with E-state index in [2.05, 4.69) is 33.5 Å². The summed E-state index contributed by atoms with van der Waals surface area (Å²) in [6, 6.07) is 9.51. The smallest absolute Gasteiger partial charge is 0.266 e. The Labute approximate surface area is 192 Å². The van der Waals surface area contributed by atoms with Crippen molar-refractivity contribution in [3.8, 4) is 23.8 Å². The van der Waals surface area contributed by atoms with Crippen molar-refractivity contribution in [1.82, 2.24) is 4.90 Å². The normalized spacial score (nSPS) is 16.2. The Morgan fingerprint density at radius 1 is 1.33 bits per heavy atom. The molecule has 0 bridgehead atoms. The first kappa shape index (κ1) is 22.2. The highest BCUT2D eigenvalue weighted by molar-refractivity contribution is 14.1. The Balaban J connectivity index is 1.93. The van der Waals surface area contributed by atoms with Crippen molar-refractivity contribution in [2.75, 3.05) is 20.3 Å². The fourth-order valence-electron chi connectivity index (χ4n) is 2.72. The van der Waals surface area contributed by atoms with E-state index < -0.39 is 0 Å². The van der Waals surface area contributed by atoms with Crippen molar-refractivity contribution in [3.63, 3.8) is 0 Å². The Morgan fingerprint density at radius 2 is 2.07 bits per heavy atom. The molecule has 1 heterocycles. The van der Waals surface area contributed by atoms with Crippen LogP contribution in [0.25, 0.3) is 6.08 Å². The maximum atomic E-state index is 13.1. The van der Waals surface area contributed by atoms with Crippen LogP contribution in [-0.2, 0) is 4.79 Å². The second-order valence-corrected chi connectivity index (χ2v) is 8.23. The number of amidine groups is 1. The largest absolute Gasteiger partial charge is 0.493 e. The van der Waals surface area contributed by atoms with Gasteiger partial charge in [-0.3, -0.25) is 9.69 Å². The maximum Gasteiger partial charge on any atom is 0.266 e. The summed E-state index contributed by atoms with van der Waals surface area (Å²) in [5.74, 6) is 3.07. The molecule has 0 aliphatic carbocycles. The van der Waals surface area contributed by atoms with Crippen LogP contribution in [-0.4, -0.2) is 36.2 Å². The van der Waals surface area contributed by atoms with Gasteiger partial charge in [-0.1, -0.05) is 5.92 Å². The first-order valence-corrected chi connectivity index (χ1v) is 10.9. The fraction of sp³-hybridized carbons (Fsp3) is 0.182. The predicted octanol–water partition coefficient (Wildman–Crippen LogP) is 5.07. The molecule has 30 heavy (non-hydrogen) atoms. The standard InChI is InChI=1S/C22H18FIN2O3S/c1-4-10-29-20-17(24)11-14(12-18(20)28-3)13-19-21(27)26(5-2)22(30-19)25-16-8-6-15(23)7-9-16/h1,6-9,11-13H,5,10H2,2-3H3/b19-13+,25-22?. The van der Waals surface area contributed by atoms with Gasteiger partial charge < -0.3 is 9.47 Å². The number of amides is 1. The number of hydrogen-bond acceptors (Lipinski definition) is 5. The average Bonchev–Trinajstić information content (AvgIpc) is 3.02. The maximum absolute atomic E-state index is 13.1. The number of rotatable bonds is 6. The number of nitrogens with zero attached hydrogens (tertiary/aromatic N) is 2. The number of terminal acetylenes is 1. The van der Waals surface area contributed by atoms with E-state index in [1.165, 1.54) is 23.9 Å². The fourth-order valence-corrected chi connectivity index (χ4v) is 4.57. The Hall–Kier alpha value is -2.51. The van der Waals surface area contributed by atoms with Crippen molar-refractivity contribution in [2.24, 2.45) is 4.99 Å². The van der Waals surface area contributed by atoms with Gasteiger partial charge in [0.25, 0.3) is 5.91 Å². The number of carbonyl (C=O) groups excluding carboxylic acids is 1. The van der Waals surface area contributed by atoms with Crippen molar-refractivity contribution >= 4 is 57.2 Å². The van der Waals surface area contributed by atoms with Gasteiger partial charge in [0.2, 0.25) is 0 Å². The van der Waals surface area contributed by atoms with Gasteiger partial charge in [0.15, 0.2) is 16.7 Å². The zero-order valence-electron chi connectivity index (χ0n) is 16.3. The second kappa shape index (κ2) is 10.00. The minimum absolute atomic E-state index is 0.134. The van der Waals surface area contributed by atoms with Crippen LogP contribution in [0.4, 0.5) is 10.1 Å². The van der Waals surface area contributed by atoms with Crippen LogP contribution in [0.1, 0.15) is 12.5 Å². The molecular formula is C22H18FIN2O3S. The summed E-state index contributed by atoms with van der Waals surface area (Å²) in [5, 5.41) is 0.552. The number of methoxy groups -OCH3 is 1. The predicted molar refractivity (Wildman–Crippen MR) is 126 cm³/mol. The molecule has 0 radical (unpaired) electrons. The highest BCUT2D eigenvalue weighted by atomic mass is 127. The summed E-state index contributed by atoms with van der Waals surface area (Å²) in [4.78, 5) is 19.5. The van der Waals surface area contributed by atoms with Gasteiger partial charge >= 0.3 is 0 Å². The summed E-state index contributed by atoms with van der Waals surface area (Å²) in [5.41, 5.74) is 1.37. The van der Waals surface area contributed by atoms with Crippen LogP contribution in [0.2, 0.25) is 0 Å². The SMILES string of the molecule is C#CCOc1c(I)cc(/C=C2/SC(=Nc3ccc(F)cc3)N(CC)C2=O)cc1OC. The molecule has 8 heteroatoms. The van der Waals surface area contributed by atoms with Crippen molar-refractivity contribution in [2.45, 2.75) is 6.92 Å². The summed E-state index contributed by atoms with van der Waals surface area (Å²) < 4.78 is 24.9. The summed E-state index contributed by atoms with van der Waals surface area (Å²) in [6.45, 7) is 2.49. The second-order valence-electron chi connectivity index (χ2n) is 6.06. The monoisotopic (exact) mass is 536 g/mol. The molecular weight excluding hydrogens is 518 g/mol. The van der Waals surface area contributed by atoms with Gasteiger partial charge in [-0.15, -0.1) is 6.42 Å². The molecule has 2 aromatic rings. The van der Waals surface area contributed by atoms with E-state index in [1.54, 1.807) is 36.3 Å². The molecule has 3 rings (SSSR count). The highest BCUT2D eigenvalue weighted by Crippen LogP contribution is 2.37. The van der Waals surface area contributed by atoms with Crippen LogP contribution in [0.5, 0.6) is 11.5 Å². The summed E-state index contributed by atoms with van der Waals surface area (Å²) in [7, 11) is 1.55. The summed E-state index contributed by atoms with van der Waals surface area (Å²) >= 11 is 3.42. The summed E-state index contributed by atoms with van der Waals surface area (Å²) in [6.07, 6.45) is 7.06. The molecule has 1 saturated heterocycles. The Bertz CT molecular complexity index is 1060. The van der Waals surface area contributed by atoms with E-state index in [4.69, 9.17) is 15.9 Å². The lowest BCUT2D eigenvalue weighted by atomic mass is 10.2. The molecule has 1 aliphatic rings. The van der Waals surface area contributed by atoms with Crippen LogP contribution in [0.15, 0.2) is 46.3 Å². The number of aliphatic imine (C=N–C) groups is 1. The third kappa shape index (κ3) is 4.96. The topological polar surface area (TPSA) is 51.1 Å². The van der Waals surface area contributed by atoms with Gasteiger partial charge in [-0.2, -0.15) is 0 Å².